The molecule has 0 spiro atoms. The van der Waals surface area contributed by atoms with Crippen molar-refractivity contribution in [2.75, 3.05) is 0 Å². The van der Waals surface area contributed by atoms with Gasteiger partial charge in [0, 0.05) is 24.1 Å². The van der Waals surface area contributed by atoms with Crippen LogP contribution < -0.4 is 5.46 Å². The number of nitrogens with zero attached hydrogens (tertiary/aromatic N) is 3. The standard InChI is InChI=1S/C15H22BN3O2.C2H6/c1-12(2)15(3,4)21-16(20)13-9-18-19(10-13)11-14-7-5-6-8-17-14;1-2/h5-10,12,20H,11H2,1-4H3;1-2H3. The van der Waals surface area contributed by atoms with Crippen LogP contribution in [0.5, 0.6) is 0 Å². The molecule has 0 saturated heterocycles. The molecule has 1 N–H and O–H groups in total. The molecule has 0 bridgehead atoms. The van der Waals surface area contributed by atoms with Crippen molar-refractivity contribution in [3.05, 3.63) is 42.5 Å². The van der Waals surface area contributed by atoms with Gasteiger partial charge in [0.15, 0.2) is 0 Å². The van der Waals surface area contributed by atoms with E-state index in [1.807, 2.05) is 45.9 Å². The summed E-state index contributed by atoms with van der Waals surface area (Å²) in [5.74, 6) is 0.302. The smallest absolute Gasteiger partial charge is 0.423 e. The van der Waals surface area contributed by atoms with E-state index in [2.05, 4.69) is 23.9 Å². The van der Waals surface area contributed by atoms with Gasteiger partial charge in [-0.3, -0.25) is 9.67 Å². The second kappa shape index (κ2) is 8.84. The lowest BCUT2D eigenvalue weighted by Gasteiger charge is -2.31. The third-order valence-corrected chi connectivity index (χ3v) is 3.79. The quantitative estimate of drug-likeness (QED) is 0.832. The van der Waals surface area contributed by atoms with Gasteiger partial charge in [0.05, 0.1) is 17.8 Å². The largest absolute Gasteiger partial charge is 0.494 e. The average molecular weight is 317 g/mol. The van der Waals surface area contributed by atoms with Crippen molar-refractivity contribution in [1.29, 1.82) is 0 Å². The van der Waals surface area contributed by atoms with Gasteiger partial charge in [-0.25, -0.2) is 0 Å². The number of hydrogen-bond donors (Lipinski definition) is 1. The lowest BCUT2D eigenvalue weighted by atomic mass is 9.79. The molecule has 5 nitrogen and oxygen atoms in total. The minimum Gasteiger partial charge on any atom is -0.423 e. The van der Waals surface area contributed by atoms with E-state index in [0.29, 0.717) is 17.9 Å². The van der Waals surface area contributed by atoms with Crippen molar-refractivity contribution in [2.24, 2.45) is 5.92 Å². The number of hydrogen-bond acceptors (Lipinski definition) is 4. The zero-order valence-electron chi connectivity index (χ0n) is 15.0. The van der Waals surface area contributed by atoms with Crippen molar-refractivity contribution in [3.8, 4) is 0 Å². The highest BCUT2D eigenvalue weighted by Crippen LogP contribution is 2.20. The van der Waals surface area contributed by atoms with E-state index in [-0.39, 0.29) is 0 Å². The summed E-state index contributed by atoms with van der Waals surface area (Å²) >= 11 is 0. The molecule has 0 saturated carbocycles. The molecule has 2 rings (SSSR count). The Morgan fingerprint density at radius 2 is 2.00 bits per heavy atom. The van der Waals surface area contributed by atoms with E-state index < -0.39 is 12.7 Å². The summed E-state index contributed by atoms with van der Waals surface area (Å²) in [5.41, 5.74) is 1.17. The molecule has 0 amide bonds. The molecule has 23 heavy (non-hydrogen) atoms. The summed E-state index contributed by atoms with van der Waals surface area (Å²) < 4.78 is 7.48. The van der Waals surface area contributed by atoms with Crippen LogP contribution in [0.15, 0.2) is 36.8 Å². The monoisotopic (exact) mass is 317 g/mol. The first kappa shape index (κ1) is 19.4. The van der Waals surface area contributed by atoms with Crippen LogP contribution in [0, 0.1) is 5.92 Å². The van der Waals surface area contributed by atoms with Gasteiger partial charge in [0.2, 0.25) is 0 Å². The van der Waals surface area contributed by atoms with E-state index in [4.69, 9.17) is 4.65 Å². The summed E-state index contributed by atoms with van der Waals surface area (Å²) in [4.78, 5) is 4.26. The van der Waals surface area contributed by atoms with E-state index in [0.717, 1.165) is 5.69 Å². The zero-order chi connectivity index (χ0) is 17.5. The topological polar surface area (TPSA) is 60.2 Å². The first-order valence-corrected chi connectivity index (χ1v) is 8.16. The maximum absolute atomic E-state index is 10.2. The highest BCUT2D eigenvalue weighted by atomic mass is 16.5. The van der Waals surface area contributed by atoms with Gasteiger partial charge in [-0.15, -0.1) is 0 Å². The van der Waals surface area contributed by atoms with Crippen LogP contribution in [-0.4, -0.2) is 32.5 Å². The maximum Gasteiger partial charge on any atom is 0.494 e. The lowest BCUT2D eigenvalue weighted by molar-refractivity contribution is 0.0423. The van der Waals surface area contributed by atoms with Gasteiger partial charge >= 0.3 is 7.12 Å². The van der Waals surface area contributed by atoms with E-state index >= 15 is 0 Å². The van der Waals surface area contributed by atoms with Crippen LogP contribution in [0.4, 0.5) is 0 Å². The van der Waals surface area contributed by atoms with Crippen molar-refractivity contribution in [2.45, 2.75) is 53.7 Å². The molecule has 0 aliphatic carbocycles. The molecule has 0 fully saturated rings. The van der Waals surface area contributed by atoms with Crippen LogP contribution in [-0.2, 0) is 11.2 Å². The summed E-state index contributed by atoms with van der Waals surface area (Å²) in [6, 6.07) is 5.76. The molecular weight excluding hydrogens is 289 g/mol. The van der Waals surface area contributed by atoms with Crippen LogP contribution in [0.1, 0.15) is 47.2 Å². The Kier molecular flexibility index (Phi) is 7.45. The molecule has 0 unspecified atom stereocenters. The minimum absolute atomic E-state index is 0.302. The molecule has 0 radical (unpaired) electrons. The van der Waals surface area contributed by atoms with Crippen LogP contribution >= 0.6 is 0 Å². The fourth-order valence-electron chi connectivity index (χ4n) is 1.74. The molecule has 0 aliphatic heterocycles. The normalized spacial score (nSPS) is 11.1. The minimum atomic E-state index is -0.972. The molecule has 0 aliphatic rings. The number of rotatable bonds is 6. The number of pyridine rings is 1. The molecule has 0 atom stereocenters. The van der Waals surface area contributed by atoms with Gasteiger partial charge in [0.1, 0.15) is 0 Å². The summed E-state index contributed by atoms with van der Waals surface area (Å²) in [6.07, 6.45) is 5.17. The molecule has 6 heteroatoms. The van der Waals surface area contributed by atoms with Crippen molar-refractivity contribution < 1.29 is 9.68 Å². The van der Waals surface area contributed by atoms with E-state index in [1.54, 1.807) is 23.3 Å². The molecule has 0 aromatic carbocycles. The van der Waals surface area contributed by atoms with Crippen LogP contribution in [0.25, 0.3) is 0 Å². The van der Waals surface area contributed by atoms with Crippen molar-refractivity contribution >= 4 is 12.6 Å². The fraction of sp³-hybridized carbons (Fsp3) is 0.529. The first-order chi connectivity index (χ1) is 10.9. The molecular formula is C17H28BN3O2. The van der Waals surface area contributed by atoms with Gasteiger partial charge in [-0.05, 0) is 31.9 Å². The van der Waals surface area contributed by atoms with Crippen molar-refractivity contribution in [1.82, 2.24) is 14.8 Å². The second-order valence-corrected chi connectivity index (χ2v) is 6.02. The second-order valence-electron chi connectivity index (χ2n) is 6.02. The van der Waals surface area contributed by atoms with E-state index in [9.17, 15) is 5.02 Å². The number of aromatic nitrogens is 3. The highest BCUT2D eigenvalue weighted by molar-refractivity contribution is 6.59. The fourth-order valence-corrected chi connectivity index (χ4v) is 1.74. The van der Waals surface area contributed by atoms with Gasteiger partial charge in [-0.2, -0.15) is 5.10 Å². The zero-order valence-corrected chi connectivity index (χ0v) is 15.0. The SMILES string of the molecule is CC.CC(C)C(C)(C)OB(O)c1cnn(Cc2ccccn2)c1. The summed E-state index contributed by atoms with van der Waals surface area (Å²) in [7, 11) is -0.972. The third-order valence-electron chi connectivity index (χ3n) is 3.79. The Balaban J connectivity index is 0.00000127. The first-order valence-electron chi connectivity index (χ1n) is 8.16. The van der Waals surface area contributed by atoms with Gasteiger partial charge in [0.25, 0.3) is 0 Å². The maximum atomic E-state index is 10.2. The average Bonchev–Trinajstić information content (AvgIpc) is 2.98. The Morgan fingerprint density at radius 3 is 2.57 bits per heavy atom. The van der Waals surface area contributed by atoms with Gasteiger partial charge < -0.3 is 9.68 Å². The van der Waals surface area contributed by atoms with Crippen LogP contribution in [0.2, 0.25) is 0 Å². The Hall–Kier alpha value is -1.66. The Labute approximate surface area is 139 Å². The van der Waals surface area contributed by atoms with Crippen molar-refractivity contribution in [3.63, 3.8) is 0 Å². The third kappa shape index (κ3) is 5.80. The molecule has 2 aromatic heterocycles. The molecule has 2 aromatic rings. The summed E-state index contributed by atoms with van der Waals surface area (Å²) in [5, 5.41) is 14.4. The van der Waals surface area contributed by atoms with E-state index in [1.165, 1.54) is 0 Å². The van der Waals surface area contributed by atoms with Gasteiger partial charge in [-0.1, -0.05) is 33.8 Å². The molecule has 126 valence electrons. The Bertz CT molecular complexity index is 570. The summed E-state index contributed by atoms with van der Waals surface area (Å²) in [6.45, 7) is 12.6. The van der Waals surface area contributed by atoms with Crippen LogP contribution in [0.3, 0.4) is 0 Å². The molecule has 2 heterocycles. The predicted octanol–water partition coefficient (Wildman–Crippen LogP) is 2.49. The Morgan fingerprint density at radius 1 is 1.30 bits per heavy atom. The predicted molar refractivity (Wildman–Crippen MR) is 94.5 cm³/mol. The lowest BCUT2D eigenvalue weighted by Crippen LogP contribution is -2.44. The highest BCUT2D eigenvalue weighted by Gasteiger charge is 2.31.